The van der Waals surface area contributed by atoms with Crippen LogP contribution in [0.4, 0.5) is 0 Å². The van der Waals surface area contributed by atoms with Gasteiger partial charge in [-0.15, -0.1) is 0 Å². The lowest BCUT2D eigenvalue weighted by atomic mass is 9.98. The van der Waals surface area contributed by atoms with Crippen LogP contribution in [-0.4, -0.2) is 84.9 Å². The maximum atomic E-state index is 9.61. The van der Waals surface area contributed by atoms with Gasteiger partial charge < -0.3 is 14.7 Å². The lowest BCUT2D eigenvalue weighted by Crippen LogP contribution is -2.58. The van der Waals surface area contributed by atoms with Crippen molar-refractivity contribution in [2.45, 2.75) is 37.9 Å². The molecule has 2 aliphatic heterocycles. The van der Waals surface area contributed by atoms with Gasteiger partial charge in [-0.1, -0.05) is 30.9 Å². The molecule has 2 aliphatic rings. The van der Waals surface area contributed by atoms with E-state index in [1.165, 1.54) is 31.5 Å². The summed E-state index contributed by atoms with van der Waals surface area (Å²) in [5.74, 6) is 0.953. The van der Waals surface area contributed by atoms with Crippen molar-refractivity contribution in [1.82, 2.24) is 14.7 Å². The minimum atomic E-state index is 0.265. The van der Waals surface area contributed by atoms with E-state index in [0.717, 1.165) is 38.3 Å². The summed E-state index contributed by atoms with van der Waals surface area (Å²) in [7, 11) is 2.21. The van der Waals surface area contributed by atoms with E-state index >= 15 is 0 Å². The number of para-hydroxylation sites is 1. The Morgan fingerprint density at radius 2 is 1.96 bits per heavy atom. The highest BCUT2D eigenvalue weighted by Gasteiger charge is 2.33. The molecule has 1 atom stereocenters. The predicted octanol–water partition coefficient (Wildman–Crippen LogP) is 2.21. The first kappa shape index (κ1) is 20.3. The molecule has 0 unspecified atom stereocenters. The normalized spacial score (nSPS) is 23.4. The van der Waals surface area contributed by atoms with Crippen molar-refractivity contribution >= 4 is 0 Å². The van der Waals surface area contributed by atoms with E-state index in [-0.39, 0.29) is 6.61 Å². The van der Waals surface area contributed by atoms with Crippen molar-refractivity contribution in [2.75, 3.05) is 53.0 Å². The molecular weight excluding hydrogens is 338 g/mol. The number of nitrogens with zero attached hydrogens (tertiary/aromatic N) is 3. The molecule has 2 saturated heterocycles. The summed E-state index contributed by atoms with van der Waals surface area (Å²) >= 11 is 0. The van der Waals surface area contributed by atoms with Gasteiger partial charge in [-0.25, -0.2) is 0 Å². The molecule has 27 heavy (non-hydrogen) atoms. The van der Waals surface area contributed by atoms with Crippen LogP contribution in [0.5, 0.6) is 5.75 Å². The molecule has 1 aromatic rings. The van der Waals surface area contributed by atoms with Crippen LogP contribution < -0.4 is 4.74 Å². The SMILES string of the molecule is C=CCOc1ccccc1CN1CCN(C2CCN(C)CC2)[C@@H](CCO)C1. The number of ether oxygens (including phenoxy) is 1. The van der Waals surface area contributed by atoms with Gasteiger partial charge in [-0.05, 0) is 45.5 Å². The van der Waals surface area contributed by atoms with Crippen LogP contribution >= 0.6 is 0 Å². The van der Waals surface area contributed by atoms with Crippen molar-refractivity contribution in [1.29, 1.82) is 0 Å². The van der Waals surface area contributed by atoms with E-state index in [2.05, 4.69) is 40.5 Å². The molecule has 2 heterocycles. The van der Waals surface area contributed by atoms with Crippen molar-refractivity contribution in [3.8, 4) is 5.75 Å². The fraction of sp³-hybridized carbons (Fsp3) is 0.636. The summed E-state index contributed by atoms with van der Waals surface area (Å²) in [6.07, 6.45) is 5.14. The maximum absolute atomic E-state index is 9.61. The zero-order valence-corrected chi connectivity index (χ0v) is 16.7. The average molecular weight is 374 g/mol. The Labute approximate surface area is 164 Å². The van der Waals surface area contributed by atoms with Gasteiger partial charge in [0.1, 0.15) is 12.4 Å². The molecule has 2 fully saturated rings. The molecule has 0 aliphatic carbocycles. The van der Waals surface area contributed by atoms with E-state index in [4.69, 9.17) is 4.74 Å². The monoisotopic (exact) mass is 373 g/mol. The van der Waals surface area contributed by atoms with Crippen LogP contribution in [0.3, 0.4) is 0 Å². The topological polar surface area (TPSA) is 39.2 Å². The van der Waals surface area contributed by atoms with Gasteiger partial charge >= 0.3 is 0 Å². The Balaban J connectivity index is 1.62. The smallest absolute Gasteiger partial charge is 0.124 e. The zero-order chi connectivity index (χ0) is 19.1. The highest BCUT2D eigenvalue weighted by Crippen LogP contribution is 2.26. The van der Waals surface area contributed by atoms with E-state index in [0.29, 0.717) is 18.7 Å². The third-order valence-electron chi connectivity index (χ3n) is 5.96. The summed E-state index contributed by atoms with van der Waals surface area (Å²) in [6.45, 7) is 11.0. The summed E-state index contributed by atoms with van der Waals surface area (Å²) in [5.41, 5.74) is 1.23. The molecular formula is C22H35N3O2. The molecule has 5 heteroatoms. The van der Waals surface area contributed by atoms with Gasteiger partial charge in [0.2, 0.25) is 0 Å². The van der Waals surface area contributed by atoms with E-state index < -0.39 is 0 Å². The third-order valence-corrected chi connectivity index (χ3v) is 5.96. The fourth-order valence-electron chi connectivity index (χ4n) is 4.46. The average Bonchev–Trinajstić information content (AvgIpc) is 2.69. The van der Waals surface area contributed by atoms with Gasteiger partial charge in [0.15, 0.2) is 0 Å². The Bertz CT molecular complexity index is 587. The first-order chi connectivity index (χ1) is 13.2. The van der Waals surface area contributed by atoms with Gasteiger partial charge in [-0.2, -0.15) is 0 Å². The van der Waals surface area contributed by atoms with Crippen molar-refractivity contribution in [3.05, 3.63) is 42.5 Å². The molecule has 5 nitrogen and oxygen atoms in total. The Morgan fingerprint density at radius 3 is 2.70 bits per heavy atom. The maximum Gasteiger partial charge on any atom is 0.124 e. The summed E-state index contributed by atoms with van der Waals surface area (Å²) in [6, 6.07) is 9.41. The Hall–Kier alpha value is -1.40. The number of piperidine rings is 1. The number of hydrogen-bond donors (Lipinski definition) is 1. The van der Waals surface area contributed by atoms with Crippen molar-refractivity contribution < 1.29 is 9.84 Å². The number of benzene rings is 1. The Morgan fingerprint density at radius 1 is 1.19 bits per heavy atom. The van der Waals surface area contributed by atoms with Crippen LogP contribution in [-0.2, 0) is 6.54 Å². The first-order valence-electron chi connectivity index (χ1n) is 10.3. The Kier molecular flexibility index (Phi) is 7.70. The summed E-state index contributed by atoms with van der Waals surface area (Å²) in [5, 5.41) is 9.61. The van der Waals surface area contributed by atoms with E-state index in [1.807, 2.05) is 12.1 Å². The second-order valence-electron chi connectivity index (χ2n) is 7.88. The molecule has 0 spiro atoms. The number of likely N-dealkylation sites (tertiary alicyclic amines) is 1. The van der Waals surface area contributed by atoms with Gasteiger partial charge in [0.05, 0.1) is 0 Å². The second kappa shape index (κ2) is 10.2. The number of piperazine rings is 1. The molecule has 0 saturated carbocycles. The van der Waals surface area contributed by atoms with Gasteiger partial charge in [0.25, 0.3) is 0 Å². The minimum absolute atomic E-state index is 0.265. The fourth-order valence-corrected chi connectivity index (χ4v) is 4.46. The minimum Gasteiger partial charge on any atom is -0.489 e. The predicted molar refractivity (Wildman–Crippen MR) is 110 cm³/mol. The number of aliphatic hydroxyl groups excluding tert-OH is 1. The van der Waals surface area contributed by atoms with Crippen LogP contribution in [0.25, 0.3) is 0 Å². The second-order valence-corrected chi connectivity index (χ2v) is 7.88. The number of aliphatic hydroxyl groups is 1. The lowest BCUT2D eigenvalue weighted by molar-refractivity contribution is 0.00579. The van der Waals surface area contributed by atoms with Crippen LogP contribution in [0.1, 0.15) is 24.8 Å². The highest BCUT2D eigenvalue weighted by atomic mass is 16.5. The van der Waals surface area contributed by atoms with E-state index in [9.17, 15) is 5.11 Å². The number of hydrogen-bond acceptors (Lipinski definition) is 5. The lowest BCUT2D eigenvalue weighted by Gasteiger charge is -2.47. The molecule has 0 aromatic heterocycles. The molecule has 3 rings (SSSR count). The standard InChI is InChI=1S/C22H35N3O2/c1-3-16-27-22-7-5-4-6-19(22)17-24-13-14-25(21(18-24)10-15-26)20-8-11-23(2)12-9-20/h3-7,20-21,26H,1,8-18H2,2H3/t21-/m0/s1. The molecule has 1 N–H and O–H groups in total. The molecule has 1 aromatic carbocycles. The van der Waals surface area contributed by atoms with Gasteiger partial charge in [0, 0.05) is 50.4 Å². The van der Waals surface area contributed by atoms with Crippen LogP contribution in [0, 0.1) is 0 Å². The first-order valence-corrected chi connectivity index (χ1v) is 10.3. The van der Waals surface area contributed by atoms with E-state index in [1.54, 1.807) is 6.08 Å². The summed E-state index contributed by atoms with van der Waals surface area (Å²) in [4.78, 5) is 7.62. The van der Waals surface area contributed by atoms with Crippen LogP contribution in [0.2, 0.25) is 0 Å². The molecule has 0 amide bonds. The molecule has 150 valence electrons. The van der Waals surface area contributed by atoms with Crippen molar-refractivity contribution in [2.24, 2.45) is 0 Å². The van der Waals surface area contributed by atoms with Crippen molar-refractivity contribution in [3.63, 3.8) is 0 Å². The number of rotatable bonds is 8. The molecule has 0 bridgehead atoms. The highest BCUT2D eigenvalue weighted by molar-refractivity contribution is 5.33. The quantitative estimate of drug-likeness (QED) is 0.708. The zero-order valence-electron chi connectivity index (χ0n) is 16.7. The largest absolute Gasteiger partial charge is 0.489 e. The third kappa shape index (κ3) is 5.55. The van der Waals surface area contributed by atoms with Crippen LogP contribution in [0.15, 0.2) is 36.9 Å². The molecule has 0 radical (unpaired) electrons. The summed E-state index contributed by atoms with van der Waals surface area (Å²) < 4.78 is 5.83. The van der Waals surface area contributed by atoms with Gasteiger partial charge in [-0.3, -0.25) is 9.80 Å².